The fourth-order valence-electron chi connectivity index (χ4n) is 3.43. The number of nitrogens with one attached hydrogen (secondary N) is 1. The fraction of sp³-hybridized carbons (Fsp3) is 0.348. The molecule has 1 aromatic carbocycles. The van der Waals surface area contributed by atoms with E-state index >= 15 is 0 Å². The van der Waals surface area contributed by atoms with Gasteiger partial charge in [0.1, 0.15) is 29.5 Å². The van der Waals surface area contributed by atoms with E-state index in [0.29, 0.717) is 31.9 Å². The molecule has 2 aromatic rings. The number of carbonyl (C=O) groups excluding carboxylic acids is 1. The molecule has 9 nitrogen and oxygen atoms in total. The molecule has 1 aromatic heterocycles. The van der Waals surface area contributed by atoms with Crippen LogP contribution in [0.25, 0.3) is 10.8 Å². The Morgan fingerprint density at radius 3 is 2.31 bits per heavy atom. The van der Waals surface area contributed by atoms with Crippen molar-refractivity contribution in [3.63, 3.8) is 0 Å². The summed E-state index contributed by atoms with van der Waals surface area (Å²) in [5.74, 6) is 0. The highest BCUT2D eigenvalue weighted by Crippen LogP contribution is 2.33. The van der Waals surface area contributed by atoms with Crippen LogP contribution in [0.5, 0.6) is 0 Å². The number of rotatable bonds is 3. The lowest BCUT2D eigenvalue weighted by molar-refractivity contribution is 0.0240. The first-order valence-electron chi connectivity index (χ1n) is 10.1. The summed E-state index contributed by atoms with van der Waals surface area (Å²) >= 11 is 0. The molecule has 3 rings (SSSR count). The van der Waals surface area contributed by atoms with Gasteiger partial charge in [0, 0.05) is 60.7 Å². The van der Waals surface area contributed by atoms with Crippen LogP contribution in [-0.4, -0.2) is 47.8 Å². The predicted molar refractivity (Wildman–Crippen MR) is 119 cm³/mol. The molecule has 0 radical (unpaired) electrons. The number of anilines is 2. The van der Waals surface area contributed by atoms with Crippen LogP contribution in [-0.2, 0) is 4.74 Å². The Bertz CT molecular complexity index is 1170. The SMILES string of the molecule is CC(C)(C)OC(=O)N1CCN(c2ccc(NC(C#N)=C(C#N)C#N)c3cnccc23)CC1. The second-order valence-electron chi connectivity index (χ2n) is 8.22. The fourth-order valence-corrected chi connectivity index (χ4v) is 3.43. The van der Waals surface area contributed by atoms with Crippen LogP contribution in [0.1, 0.15) is 20.8 Å². The van der Waals surface area contributed by atoms with E-state index in [4.69, 9.17) is 15.3 Å². The molecule has 32 heavy (non-hydrogen) atoms. The molecule has 1 aliphatic rings. The average molecular weight is 429 g/mol. The Labute approximate surface area is 186 Å². The third-order valence-corrected chi connectivity index (χ3v) is 4.91. The minimum atomic E-state index is -0.534. The van der Waals surface area contributed by atoms with E-state index in [9.17, 15) is 10.1 Å². The van der Waals surface area contributed by atoms with Crippen molar-refractivity contribution in [2.24, 2.45) is 0 Å². The third-order valence-electron chi connectivity index (χ3n) is 4.91. The Hall–Kier alpha value is -4.29. The Morgan fingerprint density at radius 1 is 1.03 bits per heavy atom. The van der Waals surface area contributed by atoms with Crippen molar-refractivity contribution in [1.29, 1.82) is 15.8 Å². The monoisotopic (exact) mass is 429 g/mol. The van der Waals surface area contributed by atoms with Gasteiger partial charge < -0.3 is 19.9 Å². The average Bonchev–Trinajstić information content (AvgIpc) is 2.78. The third kappa shape index (κ3) is 4.88. The highest BCUT2D eigenvalue weighted by atomic mass is 16.6. The van der Waals surface area contributed by atoms with Crippen molar-refractivity contribution in [1.82, 2.24) is 9.88 Å². The molecule has 0 unspecified atom stereocenters. The smallest absolute Gasteiger partial charge is 0.410 e. The molecule has 2 heterocycles. The van der Waals surface area contributed by atoms with Gasteiger partial charge >= 0.3 is 6.09 Å². The largest absolute Gasteiger partial charge is 0.444 e. The van der Waals surface area contributed by atoms with E-state index in [1.165, 1.54) is 0 Å². The van der Waals surface area contributed by atoms with Crippen LogP contribution in [0.3, 0.4) is 0 Å². The van der Waals surface area contributed by atoms with Gasteiger partial charge in [0.2, 0.25) is 0 Å². The number of nitriles is 3. The minimum absolute atomic E-state index is 0.112. The van der Waals surface area contributed by atoms with Gasteiger partial charge in [-0.05, 0) is 39.0 Å². The quantitative estimate of drug-likeness (QED) is 0.734. The van der Waals surface area contributed by atoms with E-state index in [2.05, 4.69) is 15.2 Å². The zero-order valence-electron chi connectivity index (χ0n) is 18.2. The summed E-state index contributed by atoms with van der Waals surface area (Å²) in [6, 6.07) is 10.9. The number of hydrogen-bond donors (Lipinski definition) is 1. The lowest BCUT2D eigenvalue weighted by Gasteiger charge is -2.37. The molecule has 0 atom stereocenters. The molecule has 1 fully saturated rings. The second kappa shape index (κ2) is 9.24. The van der Waals surface area contributed by atoms with Crippen molar-refractivity contribution in [3.8, 4) is 18.2 Å². The number of benzene rings is 1. The predicted octanol–water partition coefficient (Wildman–Crippen LogP) is 3.53. The topological polar surface area (TPSA) is 129 Å². The van der Waals surface area contributed by atoms with Gasteiger partial charge in [-0.3, -0.25) is 4.98 Å². The van der Waals surface area contributed by atoms with Gasteiger partial charge in [0.15, 0.2) is 5.57 Å². The number of ether oxygens (including phenoxy) is 1. The lowest BCUT2D eigenvalue weighted by atomic mass is 10.1. The molecule has 0 bridgehead atoms. The van der Waals surface area contributed by atoms with Crippen LogP contribution in [0.4, 0.5) is 16.2 Å². The van der Waals surface area contributed by atoms with E-state index in [0.717, 1.165) is 16.5 Å². The maximum atomic E-state index is 12.3. The van der Waals surface area contributed by atoms with Crippen molar-refractivity contribution in [2.45, 2.75) is 26.4 Å². The molecule has 1 aliphatic heterocycles. The van der Waals surface area contributed by atoms with E-state index in [1.807, 2.05) is 39.0 Å². The van der Waals surface area contributed by atoms with Crippen molar-refractivity contribution in [2.75, 3.05) is 36.4 Å². The number of pyridine rings is 1. The Balaban J connectivity index is 1.85. The molecule has 1 N–H and O–H groups in total. The minimum Gasteiger partial charge on any atom is -0.444 e. The zero-order chi connectivity index (χ0) is 23.3. The first kappa shape index (κ1) is 22.4. The van der Waals surface area contributed by atoms with Gasteiger partial charge in [-0.2, -0.15) is 15.8 Å². The number of amides is 1. The van der Waals surface area contributed by atoms with Crippen molar-refractivity contribution < 1.29 is 9.53 Å². The summed E-state index contributed by atoms with van der Waals surface area (Å²) in [7, 11) is 0. The summed E-state index contributed by atoms with van der Waals surface area (Å²) in [4.78, 5) is 20.4. The van der Waals surface area contributed by atoms with Crippen LogP contribution >= 0.6 is 0 Å². The molecular weight excluding hydrogens is 406 g/mol. The lowest BCUT2D eigenvalue weighted by Crippen LogP contribution is -2.50. The summed E-state index contributed by atoms with van der Waals surface area (Å²) in [6.07, 6.45) is 3.04. The first-order valence-corrected chi connectivity index (χ1v) is 10.1. The maximum Gasteiger partial charge on any atom is 0.410 e. The number of piperazine rings is 1. The van der Waals surface area contributed by atoms with E-state index in [1.54, 1.807) is 35.5 Å². The molecule has 162 valence electrons. The number of allylic oxidation sites excluding steroid dienone is 2. The molecular formula is C23H23N7O2. The van der Waals surface area contributed by atoms with Gasteiger partial charge in [0.05, 0.1) is 0 Å². The second-order valence-corrected chi connectivity index (χ2v) is 8.22. The molecule has 0 saturated carbocycles. The summed E-state index contributed by atoms with van der Waals surface area (Å²) in [5.41, 5.74) is 0.614. The van der Waals surface area contributed by atoms with Gasteiger partial charge in [-0.25, -0.2) is 4.79 Å². The van der Waals surface area contributed by atoms with E-state index in [-0.39, 0.29) is 17.4 Å². The van der Waals surface area contributed by atoms with Gasteiger partial charge in [0.25, 0.3) is 0 Å². The van der Waals surface area contributed by atoms with Gasteiger partial charge in [-0.15, -0.1) is 0 Å². The standard InChI is InChI=1S/C23H23N7O2/c1-23(2,3)32-22(31)30-10-8-29(9-11-30)21-5-4-19(18-15-27-7-6-17(18)21)28-20(14-26)16(12-24)13-25/h4-7,15,28H,8-11H2,1-3H3. The molecule has 0 aliphatic carbocycles. The summed E-state index contributed by atoms with van der Waals surface area (Å²) in [6.45, 7) is 7.90. The molecule has 0 spiro atoms. The first-order chi connectivity index (χ1) is 15.3. The summed E-state index contributed by atoms with van der Waals surface area (Å²) < 4.78 is 5.46. The highest BCUT2D eigenvalue weighted by Gasteiger charge is 2.26. The Kier molecular flexibility index (Phi) is 6.47. The zero-order valence-corrected chi connectivity index (χ0v) is 18.2. The van der Waals surface area contributed by atoms with E-state index < -0.39 is 5.60 Å². The molecule has 9 heteroatoms. The van der Waals surface area contributed by atoms with Crippen LogP contribution in [0, 0.1) is 34.0 Å². The normalized spacial score (nSPS) is 13.5. The number of nitrogens with zero attached hydrogens (tertiary/aromatic N) is 6. The number of hydrogen-bond acceptors (Lipinski definition) is 8. The maximum absolute atomic E-state index is 12.3. The summed E-state index contributed by atoms with van der Waals surface area (Å²) in [5, 5.41) is 32.1. The molecule has 1 saturated heterocycles. The van der Waals surface area contributed by atoms with Crippen molar-refractivity contribution in [3.05, 3.63) is 41.9 Å². The number of aromatic nitrogens is 1. The molecule has 1 amide bonds. The Morgan fingerprint density at radius 2 is 1.72 bits per heavy atom. The number of fused-ring (bicyclic) bond motifs is 1. The van der Waals surface area contributed by atoms with Crippen LogP contribution in [0.15, 0.2) is 41.9 Å². The van der Waals surface area contributed by atoms with Crippen LogP contribution < -0.4 is 10.2 Å². The highest BCUT2D eigenvalue weighted by molar-refractivity contribution is 6.02. The van der Waals surface area contributed by atoms with Gasteiger partial charge in [-0.1, -0.05) is 0 Å². The van der Waals surface area contributed by atoms with Crippen LogP contribution in [0.2, 0.25) is 0 Å². The van der Waals surface area contributed by atoms with Crippen molar-refractivity contribution >= 4 is 28.2 Å². The number of carbonyl (C=O) groups is 1.